The van der Waals surface area contributed by atoms with Crippen molar-refractivity contribution in [3.63, 3.8) is 0 Å². The molecule has 1 fully saturated rings. The first-order valence-corrected chi connectivity index (χ1v) is 7.25. The Labute approximate surface area is 133 Å². The Morgan fingerprint density at radius 3 is 2.33 bits per heavy atom. The van der Waals surface area contributed by atoms with E-state index in [0.717, 1.165) is 6.42 Å². The summed E-state index contributed by atoms with van der Waals surface area (Å²) >= 11 is 0. The van der Waals surface area contributed by atoms with Gasteiger partial charge in [0, 0.05) is 53.7 Å². The van der Waals surface area contributed by atoms with Crippen LogP contribution in [0, 0.1) is 5.41 Å². The van der Waals surface area contributed by atoms with Gasteiger partial charge in [-0.05, 0) is 19.3 Å². The minimum absolute atomic E-state index is 0. The van der Waals surface area contributed by atoms with E-state index in [4.69, 9.17) is 19.9 Å². The van der Waals surface area contributed by atoms with Gasteiger partial charge in [-0.15, -0.1) is 12.4 Å². The molecule has 0 unspecified atom stereocenters. The maximum absolute atomic E-state index is 12.8. The maximum atomic E-state index is 12.8. The van der Waals surface area contributed by atoms with Crippen molar-refractivity contribution in [3.8, 4) is 0 Å². The third kappa shape index (κ3) is 6.08. The van der Waals surface area contributed by atoms with E-state index in [0.29, 0.717) is 58.9 Å². The first-order chi connectivity index (χ1) is 9.70. The topological polar surface area (TPSA) is 74.0 Å². The minimum Gasteiger partial charge on any atom is -0.385 e. The fourth-order valence-corrected chi connectivity index (χ4v) is 2.52. The number of rotatable bonds is 9. The minimum atomic E-state index is -0.459. The van der Waals surface area contributed by atoms with Crippen molar-refractivity contribution < 1.29 is 19.0 Å². The summed E-state index contributed by atoms with van der Waals surface area (Å²) in [5.41, 5.74) is 5.44. The average molecular weight is 325 g/mol. The number of carbonyl (C=O) groups excluding carboxylic acids is 1. The van der Waals surface area contributed by atoms with E-state index < -0.39 is 5.41 Å². The van der Waals surface area contributed by atoms with Crippen LogP contribution in [0.5, 0.6) is 0 Å². The van der Waals surface area contributed by atoms with Crippen molar-refractivity contribution in [1.29, 1.82) is 0 Å². The van der Waals surface area contributed by atoms with Gasteiger partial charge < -0.3 is 24.8 Å². The number of amides is 1. The molecule has 6 nitrogen and oxygen atoms in total. The van der Waals surface area contributed by atoms with Gasteiger partial charge in [-0.2, -0.15) is 0 Å². The molecule has 2 N–H and O–H groups in total. The fraction of sp³-hybridized carbons (Fsp3) is 0.929. The normalized spacial score (nSPS) is 17.1. The number of halogens is 1. The Balaban J connectivity index is 0.00000400. The second-order valence-corrected chi connectivity index (χ2v) is 5.23. The molecule has 0 aromatic carbocycles. The van der Waals surface area contributed by atoms with E-state index in [9.17, 15) is 4.79 Å². The highest BCUT2D eigenvalue weighted by atomic mass is 35.5. The van der Waals surface area contributed by atoms with Gasteiger partial charge in [-0.25, -0.2) is 0 Å². The molecule has 0 bridgehead atoms. The van der Waals surface area contributed by atoms with Crippen molar-refractivity contribution in [2.75, 3.05) is 60.3 Å². The van der Waals surface area contributed by atoms with E-state index in [1.165, 1.54) is 0 Å². The number of ether oxygens (including phenoxy) is 3. The highest BCUT2D eigenvalue weighted by Gasteiger charge is 2.41. The zero-order valence-corrected chi connectivity index (χ0v) is 14.0. The summed E-state index contributed by atoms with van der Waals surface area (Å²) in [6.07, 6.45) is 2.23. The SMILES string of the molecule is COCCCN(CCOC)C(=O)C1(CN)CCOCC1.Cl. The van der Waals surface area contributed by atoms with Gasteiger partial charge in [0.1, 0.15) is 0 Å². The molecule has 0 saturated carbocycles. The van der Waals surface area contributed by atoms with Gasteiger partial charge in [-0.1, -0.05) is 0 Å². The third-order valence-corrected chi connectivity index (χ3v) is 3.92. The molecule has 21 heavy (non-hydrogen) atoms. The highest BCUT2D eigenvalue weighted by molar-refractivity contribution is 5.85. The van der Waals surface area contributed by atoms with E-state index in [1.807, 2.05) is 4.90 Å². The van der Waals surface area contributed by atoms with E-state index >= 15 is 0 Å². The largest absolute Gasteiger partial charge is 0.385 e. The molecule has 0 spiro atoms. The monoisotopic (exact) mass is 324 g/mol. The predicted molar refractivity (Wildman–Crippen MR) is 83.7 cm³/mol. The summed E-state index contributed by atoms with van der Waals surface area (Å²) in [6, 6.07) is 0. The number of hydrogen-bond donors (Lipinski definition) is 1. The second kappa shape index (κ2) is 11.2. The van der Waals surface area contributed by atoms with Crippen LogP contribution in [-0.2, 0) is 19.0 Å². The summed E-state index contributed by atoms with van der Waals surface area (Å²) in [5.74, 6) is 0.136. The molecule has 0 aromatic rings. The number of nitrogens with two attached hydrogens (primary N) is 1. The Morgan fingerprint density at radius 1 is 1.19 bits per heavy atom. The summed E-state index contributed by atoms with van der Waals surface area (Å²) in [5, 5.41) is 0. The molecule has 1 saturated heterocycles. The fourth-order valence-electron chi connectivity index (χ4n) is 2.52. The molecular formula is C14H29ClN2O4. The zero-order chi connectivity index (χ0) is 14.8. The number of hydrogen-bond acceptors (Lipinski definition) is 5. The lowest BCUT2D eigenvalue weighted by Crippen LogP contribution is -2.51. The lowest BCUT2D eigenvalue weighted by Gasteiger charge is -2.39. The van der Waals surface area contributed by atoms with Crippen molar-refractivity contribution in [2.45, 2.75) is 19.3 Å². The quantitative estimate of drug-likeness (QED) is 0.631. The Kier molecular flexibility index (Phi) is 11.0. The van der Waals surface area contributed by atoms with Gasteiger partial charge in [0.2, 0.25) is 5.91 Å². The van der Waals surface area contributed by atoms with Crippen LogP contribution in [0.1, 0.15) is 19.3 Å². The van der Waals surface area contributed by atoms with Crippen LogP contribution in [0.2, 0.25) is 0 Å². The number of carbonyl (C=O) groups is 1. The predicted octanol–water partition coefficient (Wildman–Crippen LogP) is 0.675. The van der Waals surface area contributed by atoms with Crippen molar-refractivity contribution in [2.24, 2.45) is 11.1 Å². The number of nitrogens with zero attached hydrogens (tertiary/aromatic N) is 1. The van der Waals surface area contributed by atoms with Crippen LogP contribution < -0.4 is 5.73 Å². The first kappa shape index (κ1) is 20.6. The molecule has 1 heterocycles. The molecule has 1 amide bonds. The molecule has 126 valence electrons. The van der Waals surface area contributed by atoms with Gasteiger partial charge in [0.05, 0.1) is 12.0 Å². The van der Waals surface area contributed by atoms with Crippen molar-refractivity contribution >= 4 is 18.3 Å². The lowest BCUT2D eigenvalue weighted by molar-refractivity contribution is -0.148. The molecule has 0 aliphatic carbocycles. The molecule has 1 aliphatic heterocycles. The summed E-state index contributed by atoms with van der Waals surface area (Å²) < 4.78 is 15.5. The van der Waals surface area contributed by atoms with Crippen LogP contribution in [0.4, 0.5) is 0 Å². The Bertz CT molecular complexity index is 286. The molecule has 1 rings (SSSR count). The van der Waals surface area contributed by atoms with Crippen LogP contribution in [0.15, 0.2) is 0 Å². The summed E-state index contributed by atoms with van der Waals surface area (Å²) in [4.78, 5) is 14.7. The maximum Gasteiger partial charge on any atom is 0.230 e. The van der Waals surface area contributed by atoms with Gasteiger partial charge in [0.15, 0.2) is 0 Å². The van der Waals surface area contributed by atoms with Gasteiger partial charge in [0.25, 0.3) is 0 Å². The van der Waals surface area contributed by atoms with E-state index in [1.54, 1.807) is 14.2 Å². The van der Waals surface area contributed by atoms with Gasteiger partial charge >= 0.3 is 0 Å². The Hall–Kier alpha value is -0.400. The van der Waals surface area contributed by atoms with Gasteiger partial charge in [-0.3, -0.25) is 4.79 Å². The molecule has 0 aromatic heterocycles. The molecule has 0 atom stereocenters. The summed E-state index contributed by atoms with van der Waals surface area (Å²) in [6.45, 7) is 4.06. The van der Waals surface area contributed by atoms with Crippen molar-refractivity contribution in [3.05, 3.63) is 0 Å². The third-order valence-electron chi connectivity index (χ3n) is 3.92. The van der Waals surface area contributed by atoms with Crippen LogP contribution in [0.3, 0.4) is 0 Å². The van der Waals surface area contributed by atoms with E-state index in [-0.39, 0.29) is 18.3 Å². The molecular weight excluding hydrogens is 296 g/mol. The number of methoxy groups -OCH3 is 2. The molecule has 7 heteroatoms. The van der Waals surface area contributed by atoms with Crippen LogP contribution in [-0.4, -0.2) is 71.1 Å². The van der Waals surface area contributed by atoms with Crippen molar-refractivity contribution in [1.82, 2.24) is 4.90 Å². The Morgan fingerprint density at radius 2 is 1.81 bits per heavy atom. The lowest BCUT2D eigenvalue weighted by atomic mass is 9.79. The second-order valence-electron chi connectivity index (χ2n) is 5.23. The molecule has 1 aliphatic rings. The highest BCUT2D eigenvalue weighted by Crippen LogP contribution is 2.31. The smallest absolute Gasteiger partial charge is 0.230 e. The summed E-state index contributed by atoms with van der Waals surface area (Å²) in [7, 11) is 3.31. The average Bonchev–Trinajstić information content (AvgIpc) is 2.50. The van der Waals surface area contributed by atoms with Crippen LogP contribution >= 0.6 is 12.4 Å². The standard InChI is InChI=1S/C14H28N2O4.ClH/c1-18-8-3-6-16(7-11-19-2)13(17)14(12-15)4-9-20-10-5-14;/h3-12,15H2,1-2H3;1H. The molecule has 0 radical (unpaired) electrons. The first-order valence-electron chi connectivity index (χ1n) is 7.25. The van der Waals surface area contributed by atoms with E-state index in [2.05, 4.69) is 0 Å². The van der Waals surface area contributed by atoms with Crippen LogP contribution in [0.25, 0.3) is 0 Å². The zero-order valence-electron chi connectivity index (χ0n) is 13.1.